The molecule has 1 aromatic rings. The van der Waals surface area contributed by atoms with Crippen molar-refractivity contribution < 1.29 is 0 Å². The Kier molecular flexibility index (Phi) is 5.12. The van der Waals surface area contributed by atoms with Gasteiger partial charge in [0.05, 0.1) is 5.01 Å². The summed E-state index contributed by atoms with van der Waals surface area (Å²) < 4.78 is 0. The minimum Gasteiger partial charge on any atom is -0.309 e. The van der Waals surface area contributed by atoms with Crippen LogP contribution in [0.4, 0.5) is 0 Å². The molecule has 0 amide bonds. The highest BCUT2D eigenvalue weighted by atomic mass is 32.1. The Bertz CT molecular complexity index is 258. The number of thiazole rings is 1. The van der Waals surface area contributed by atoms with Crippen LogP contribution in [0.1, 0.15) is 43.5 Å². The van der Waals surface area contributed by atoms with Crippen LogP contribution in [0.25, 0.3) is 0 Å². The highest BCUT2D eigenvalue weighted by Crippen LogP contribution is 2.14. The normalized spacial score (nSPS) is 13.1. The zero-order valence-electron chi connectivity index (χ0n) is 9.34. The molecule has 14 heavy (non-hydrogen) atoms. The van der Waals surface area contributed by atoms with E-state index in [0.717, 1.165) is 13.0 Å². The Morgan fingerprint density at radius 3 is 2.93 bits per heavy atom. The molecule has 0 aliphatic rings. The molecule has 0 spiro atoms. The van der Waals surface area contributed by atoms with E-state index in [1.165, 1.54) is 22.7 Å². The van der Waals surface area contributed by atoms with Crippen LogP contribution in [-0.2, 0) is 13.0 Å². The molecule has 0 radical (unpaired) electrons. The minimum absolute atomic E-state index is 0.603. The Hall–Kier alpha value is -0.410. The van der Waals surface area contributed by atoms with E-state index in [2.05, 4.69) is 31.1 Å². The van der Waals surface area contributed by atoms with Crippen molar-refractivity contribution in [2.24, 2.45) is 0 Å². The Balaban J connectivity index is 2.35. The lowest BCUT2D eigenvalue weighted by molar-refractivity contribution is 0.537. The highest BCUT2D eigenvalue weighted by Gasteiger charge is 2.02. The first kappa shape index (κ1) is 11.7. The number of hydrogen-bond donors (Lipinski definition) is 1. The number of nitrogens with zero attached hydrogens (tertiary/aromatic N) is 1. The first-order valence-corrected chi connectivity index (χ1v) is 6.24. The van der Waals surface area contributed by atoms with Crippen molar-refractivity contribution >= 4 is 11.3 Å². The quantitative estimate of drug-likeness (QED) is 0.784. The second-order valence-corrected chi connectivity index (χ2v) is 4.86. The van der Waals surface area contributed by atoms with Gasteiger partial charge in [-0.1, -0.05) is 13.8 Å². The van der Waals surface area contributed by atoms with Crippen LogP contribution in [-0.4, -0.2) is 11.0 Å². The van der Waals surface area contributed by atoms with Gasteiger partial charge >= 0.3 is 0 Å². The monoisotopic (exact) mass is 212 g/mol. The van der Waals surface area contributed by atoms with Crippen LogP contribution in [0, 0.1) is 0 Å². The van der Waals surface area contributed by atoms with Crippen LogP contribution in [0.2, 0.25) is 0 Å². The van der Waals surface area contributed by atoms with E-state index < -0.39 is 0 Å². The molecule has 0 saturated carbocycles. The van der Waals surface area contributed by atoms with E-state index in [4.69, 9.17) is 0 Å². The third kappa shape index (κ3) is 3.76. The fourth-order valence-electron chi connectivity index (χ4n) is 1.18. The molecule has 0 aliphatic heterocycles. The first-order chi connectivity index (χ1) is 6.76. The van der Waals surface area contributed by atoms with Crippen molar-refractivity contribution in [3.63, 3.8) is 0 Å². The summed E-state index contributed by atoms with van der Waals surface area (Å²) in [5.41, 5.74) is 0. The first-order valence-electron chi connectivity index (χ1n) is 5.43. The predicted molar refractivity (Wildman–Crippen MR) is 62.7 cm³/mol. The van der Waals surface area contributed by atoms with Gasteiger partial charge in [-0.25, -0.2) is 4.98 Å². The van der Waals surface area contributed by atoms with Gasteiger partial charge < -0.3 is 5.32 Å². The zero-order valence-corrected chi connectivity index (χ0v) is 10.2. The van der Waals surface area contributed by atoms with Gasteiger partial charge in [-0.05, 0) is 26.2 Å². The van der Waals surface area contributed by atoms with Crippen molar-refractivity contribution in [3.8, 4) is 0 Å². The third-order valence-corrected chi connectivity index (χ3v) is 3.36. The molecule has 0 aliphatic carbocycles. The molecule has 1 aromatic heterocycles. The molecule has 1 heterocycles. The van der Waals surface area contributed by atoms with Crippen LogP contribution >= 0.6 is 11.3 Å². The molecule has 0 aromatic carbocycles. The summed E-state index contributed by atoms with van der Waals surface area (Å²) >= 11 is 1.84. The maximum atomic E-state index is 4.39. The molecule has 3 heteroatoms. The lowest BCUT2D eigenvalue weighted by atomic mass is 10.2. The van der Waals surface area contributed by atoms with E-state index >= 15 is 0 Å². The van der Waals surface area contributed by atoms with E-state index in [-0.39, 0.29) is 0 Å². The molecular weight excluding hydrogens is 192 g/mol. The minimum atomic E-state index is 0.603. The average Bonchev–Trinajstić information content (AvgIpc) is 2.63. The van der Waals surface area contributed by atoms with Gasteiger partial charge in [-0.15, -0.1) is 11.3 Å². The van der Waals surface area contributed by atoms with Gasteiger partial charge in [0, 0.05) is 23.7 Å². The summed E-state index contributed by atoms with van der Waals surface area (Å²) in [6.07, 6.45) is 5.49. The lowest BCUT2D eigenvalue weighted by Gasteiger charge is -2.08. The molecule has 0 saturated heterocycles. The van der Waals surface area contributed by atoms with Crippen LogP contribution in [0.5, 0.6) is 0 Å². The molecule has 1 rings (SSSR count). The van der Waals surface area contributed by atoms with E-state index in [0.29, 0.717) is 6.04 Å². The van der Waals surface area contributed by atoms with Crippen LogP contribution in [0.3, 0.4) is 0 Å². The number of aromatic nitrogens is 1. The zero-order chi connectivity index (χ0) is 10.4. The van der Waals surface area contributed by atoms with Gasteiger partial charge in [0.25, 0.3) is 0 Å². The third-order valence-electron chi connectivity index (χ3n) is 2.30. The van der Waals surface area contributed by atoms with Gasteiger partial charge in [0.2, 0.25) is 0 Å². The van der Waals surface area contributed by atoms with Crippen LogP contribution < -0.4 is 5.32 Å². The summed E-state index contributed by atoms with van der Waals surface area (Å²) in [7, 11) is 0. The SMILES string of the molecule is CCCc1ncc(CNC(C)CC)s1. The highest BCUT2D eigenvalue weighted by molar-refractivity contribution is 7.11. The lowest BCUT2D eigenvalue weighted by Crippen LogP contribution is -2.23. The van der Waals surface area contributed by atoms with Crippen molar-refractivity contribution in [2.45, 2.75) is 52.6 Å². The maximum absolute atomic E-state index is 4.39. The van der Waals surface area contributed by atoms with E-state index in [1.54, 1.807) is 0 Å². The predicted octanol–water partition coefficient (Wildman–Crippen LogP) is 2.98. The maximum Gasteiger partial charge on any atom is 0.0928 e. The average molecular weight is 212 g/mol. The van der Waals surface area contributed by atoms with Gasteiger partial charge in [0.1, 0.15) is 0 Å². The number of hydrogen-bond acceptors (Lipinski definition) is 3. The largest absolute Gasteiger partial charge is 0.309 e. The second kappa shape index (κ2) is 6.14. The van der Waals surface area contributed by atoms with Crippen molar-refractivity contribution in [3.05, 3.63) is 16.1 Å². The van der Waals surface area contributed by atoms with E-state index in [1.807, 2.05) is 17.5 Å². The summed E-state index contributed by atoms with van der Waals surface area (Å²) in [5.74, 6) is 0. The molecule has 1 atom stereocenters. The number of aryl methyl sites for hydroxylation is 1. The number of nitrogens with one attached hydrogen (secondary N) is 1. The number of rotatable bonds is 6. The van der Waals surface area contributed by atoms with Crippen molar-refractivity contribution in [1.82, 2.24) is 10.3 Å². The Morgan fingerprint density at radius 2 is 2.29 bits per heavy atom. The van der Waals surface area contributed by atoms with Gasteiger partial charge in [-0.3, -0.25) is 0 Å². The Morgan fingerprint density at radius 1 is 1.50 bits per heavy atom. The Labute approximate surface area is 90.8 Å². The summed E-state index contributed by atoms with van der Waals surface area (Å²) in [4.78, 5) is 5.74. The molecule has 0 fully saturated rings. The van der Waals surface area contributed by atoms with Gasteiger partial charge in [0.15, 0.2) is 0 Å². The van der Waals surface area contributed by atoms with E-state index in [9.17, 15) is 0 Å². The molecule has 0 bridgehead atoms. The standard InChI is InChI=1S/C11H20N2S/c1-4-6-11-13-8-10(14-11)7-12-9(3)5-2/h8-9,12H,4-7H2,1-3H3. The fourth-order valence-corrected chi connectivity index (χ4v) is 2.15. The molecule has 1 N–H and O–H groups in total. The van der Waals surface area contributed by atoms with Crippen molar-refractivity contribution in [1.29, 1.82) is 0 Å². The molecule has 2 nitrogen and oxygen atoms in total. The molecule has 1 unspecified atom stereocenters. The summed E-state index contributed by atoms with van der Waals surface area (Å²) in [5, 5.41) is 4.75. The summed E-state index contributed by atoms with van der Waals surface area (Å²) in [6, 6.07) is 0.603. The topological polar surface area (TPSA) is 24.9 Å². The van der Waals surface area contributed by atoms with Crippen LogP contribution in [0.15, 0.2) is 6.20 Å². The molecular formula is C11H20N2S. The fraction of sp³-hybridized carbons (Fsp3) is 0.727. The summed E-state index contributed by atoms with van der Waals surface area (Å²) in [6.45, 7) is 7.58. The van der Waals surface area contributed by atoms with Gasteiger partial charge in [-0.2, -0.15) is 0 Å². The molecule has 80 valence electrons. The smallest absolute Gasteiger partial charge is 0.0928 e. The van der Waals surface area contributed by atoms with Crippen molar-refractivity contribution in [2.75, 3.05) is 0 Å². The second-order valence-electron chi connectivity index (χ2n) is 3.66.